The maximum atomic E-state index is 10.7. The first kappa shape index (κ1) is 13.6. The molecule has 2 aliphatic rings. The van der Waals surface area contributed by atoms with E-state index in [0.717, 1.165) is 50.5 Å². The first-order chi connectivity index (χ1) is 9.71. The Bertz CT molecular complexity index is 467. The van der Waals surface area contributed by atoms with Gasteiger partial charge in [-0.15, -0.1) is 0 Å². The molecule has 2 unspecified atom stereocenters. The number of aromatic nitrogens is 2. The summed E-state index contributed by atoms with van der Waals surface area (Å²) >= 11 is 0. The Morgan fingerprint density at radius 2 is 2.30 bits per heavy atom. The third-order valence-corrected chi connectivity index (χ3v) is 4.73. The van der Waals surface area contributed by atoms with Crippen LogP contribution in [-0.4, -0.2) is 40.3 Å². The van der Waals surface area contributed by atoms with E-state index >= 15 is 0 Å². The molecular weight excluding hydrogens is 252 g/mol. The van der Waals surface area contributed by atoms with Crippen molar-refractivity contribution in [1.82, 2.24) is 9.97 Å². The molecule has 2 atom stereocenters. The molecule has 110 valence electrons. The zero-order chi connectivity index (χ0) is 14.0. The van der Waals surface area contributed by atoms with Crippen molar-refractivity contribution in [3.05, 3.63) is 12.4 Å². The predicted molar refractivity (Wildman–Crippen MR) is 79.9 cm³/mol. The van der Waals surface area contributed by atoms with E-state index in [9.17, 15) is 5.11 Å². The van der Waals surface area contributed by atoms with Crippen LogP contribution >= 0.6 is 0 Å². The van der Waals surface area contributed by atoms with E-state index in [-0.39, 0.29) is 0 Å². The van der Waals surface area contributed by atoms with Crippen LogP contribution in [0.15, 0.2) is 12.4 Å². The fraction of sp³-hybridized carbons (Fsp3) is 0.733. The molecular formula is C15H24N4O. The number of aliphatic hydroxyl groups is 1. The number of nitrogens with one attached hydrogen (secondary N) is 1. The molecule has 1 aromatic rings. The number of fused-ring (bicyclic) bond motifs is 1. The van der Waals surface area contributed by atoms with Gasteiger partial charge in [0.1, 0.15) is 11.6 Å². The molecule has 2 heterocycles. The summed E-state index contributed by atoms with van der Waals surface area (Å²) in [5, 5.41) is 13.9. The minimum Gasteiger partial charge on any atom is -0.389 e. The average molecular weight is 276 g/mol. The highest BCUT2D eigenvalue weighted by Crippen LogP contribution is 2.40. The molecule has 1 aromatic heterocycles. The Kier molecular flexibility index (Phi) is 3.78. The lowest BCUT2D eigenvalue weighted by Crippen LogP contribution is -2.53. The van der Waals surface area contributed by atoms with Crippen LogP contribution in [0.1, 0.15) is 39.0 Å². The summed E-state index contributed by atoms with van der Waals surface area (Å²) in [6.07, 6.45) is 8.95. The topological polar surface area (TPSA) is 61.3 Å². The monoisotopic (exact) mass is 276 g/mol. The van der Waals surface area contributed by atoms with Crippen molar-refractivity contribution >= 4 is 11.6 Å². The molecule has 20 heavy (non-hydrogen) atoms. The van der Waals surface area contributed by atoms with Crippen molar-refractivity contribution in [3.8, 4) is 0 Å². The highest BCUT2D eigenvalue weighted by Gasteiger charge is 2.43. The molecule has 5 heteroatoms. The zero-order valence-electron chi connectivity index (χ0n) is 12.2. The number of rotatable bonds is 3. The number of anilines is 2. The van der Waals surface area contributed by atoms with Crippen molar-refractivity contribution in [2.24, 2.45) is 5.92 Å². The van der Waals surface area contributed by atoms with Crippen LogP contribution in [0.4, 0.5) is 11.6 Å². The van der Waals surface area contributed by atoms with Gasteiger partial charge < -0.3 is 15.3 Å². The standard InChI is InChI=1S/C15H24N4O/c1-2-17-13-9-16-10-14(18-13)19-8-7-15(20)6-4-3-5-12(15)11-19/h9-10,12,20H,2-8,11H2,1H3,(H,17,18). The van der Waals surface area contributed by atoms with Crippen LogP contribution in [-0.2, 0) is 0 Å². The van der Waals surface area contributed by atoms with E-state index in [1.165, 1.54) is 12.8 Å². The van der Waals surface area contributed by atoms with Gasteiger partial charge in [0.25, 0.3) is 0 Å². The summed E-state index contributed by atoms with van der Waals surface area (Å²) in [4.78, 5) is 11.2. The molecule has 1 aliphatic heterocycles. The Balaban J connectivity index is 1.74. The van der Waals surface area contributed by atoms with Crippen molar-refractivity contribution < 1.29 is 5.11 Å². The van der Waals surface area contributed by atoms with Crippen molar-refractivity contribution in [3.63, 3.8) is 0 Å². The zero-order valence-corrected chi connectivity index (χ0v) is 12.2. The van der Waals surface area contributed by atoms with Crippen LogP contribution in [0.25, 0.3) is 0 Å². The van der Waals surface area contributed by atoms with Gasteiger partial charge in [-0.1, -0.05) is 12.8 Å². The molecule has 1 saturated heterocycles. The largest absolute Gasteiger partial charge is 0.389 e. The second-order valence-corrected chi connectivity index (χ2v) is 6.04. The van der Waals surface area contributed by atoms with Crippen LogP contribution < -0.4 is 10.2 Å². The minimum absolute atomic E-state index is 0.384. The first-order valence-corrected chi connectivity index (χ1v) is 7.74. The Morgan fingerprint density at radius 1 is 1.40 bits per heavy atom. The van der Waals surface area contributed by atoms with Crippen LogP contribution in [0, 0.1) is 5.92 Å². The summed E-state index contributed by atoms with van der Waals surface area (Å²) < 4.78 is 0. The highest BCUT2D eigenvalue weighted by molar-refractivity contribution is 5.44. The summed E-state index contributed by atoms with van der Waals surface area (Å²) in [6, 6.07) is 0. The van der Waals surface area contributed by atoms with Gasteiger partial charge in [-0.25, -0.2) is 4.98 Å². The van der Waals surface area contributed by atoms with Gasteiger partial charge in [-0.3, -0.25) is 4.98 Å². The Hall–Kier alpha value is -1.36. The fourth-order valence-corrected chi connectivity index (χ4v) is 3.55. The molecule has 0 spiro atoms. The van der Waals surface area contributed by atoms with E-state index in [0.29, 0.717) is 5.92 Å². The number of hydrogen-bond donors (Lipinski definition) is 2. The van der Waals surface area contributed by atoms with E-state index in [1.807, 2.05) is 6.20 Å². The van der Waals surface area contributed by atoms with Gasteiger partial charge in [0.15, 0.2) is 0 Å². The summed E-state index contributed by atoms with van der Waals surface area (Å²) in [5.74, 6) is 2.14. The van der Waals surface area contributed by atoms with E-state index in [4.69, 9.17) is 0 Å². The van der Waals surface area contributed by atoms with Gasteiger partial charge in [0.05, 0.1) is 18.0 Å². The maximum Gasteiger partial charge on any atom is 0.149 e. The molecule has 2 fully saturated rings. The molecule has 0 radical (unpaired) electrons. The molecule has 3 rings (SSSR count). The molecule has 0 aromatic carbocycles. The van der Waals surface area contributed by atoms with E-state index in [1.54, 1.807) is 6.20 Å². The molecule has 5 nitrogen and oxygen atoms in total. The quantitative estimate of drug-likeness (QED) is 0.884. The maximum absolute atomic E-state index is 10.7. The lowest BCUT2D eigenvalue weighted by Gasteiger charge is -2.47. The first-order valence-electron chi connectivity index (χ1n) is 7.74. The van der Waals surface area contributed by atoms with E-state index < -0.39 is 5.60 Å². The van der Waals surface area contributed by atoms with Crippen LogP contribution in [0.3, 0.4) is 0 Å². The predicted octanol–water partition coefficient (Wildman–Crippen LogP) is 2.04. The molecule has 0 bridgehead atoms. The third kappa shape index (κ3) is 2.59. The number of hydrogen-bond acceptors (Lipinski definition) is 5. The fourth-order valence-electron chi connectivity index (χ4n) is 3.55. The van der Waals surface area contributed by atoms with Gasteiger partial charge >= 0.3 is 0 Å². The Morgan fingerprint density at radius 3 is 3.15 bits per heavy atom. The molecule has 1 aliphatic carbocycles. The van der Waals surface area contributed by atoms with Gasteiger partial charge in [-0.05, 0) is 26.2 Å². The summed E-state index contributed by atoms with van der Waals surface area (Å²) in [6.45, 7) is 4.68. The third-order valence-electron chi connectivity index (χ3n) is 4.73. The average Bonchev–Trinajstić information content (AvgIpc) is 2.47. The molecule has 2 N–H and O–H groups in total. The van der Waals surface area contributed by atoms with Gasteiger partial charge in [-0.2, -0.15) is 0 Å². The highest BCUT2D eigenvalue weighted by atomic mass is 16.3. The smallest absolute Gasteiger partial charge is 0.149 e. The SMILES string of the molecule is CCNc1cncc(N2CCC3(O)CCCCC3C2)n1. The lowest BCUT2D eigenvalue weighted by atomic mass is 9.71. The minimum atomic E-state index is -0.429. The van der Waals surface area contributed by atoms with Crippen LogP contribution in [0.5, 0.6) is 0 Å². The van der Waals surface area contributed by atoms with E-state index in [2.05, 4.69) is 27.1 Å². The summed E-state index contributed by atoms with van der Waals surface area (Å²) in [5.41, 5.74) is -0.429. The second kappa shape index (κ2) is 5.56. The second-order valence-electron chi connectivity index (χ2n) is 6.04. The van der Waals surface area contributed by atoms with Gasteiger partial charge in [0, 0.05) is 25.6 Å². The lowest BCUT2D eigenvalue weighted by molar-refractivity contribution is -0.0613. The molecule has 1 saturated carbocycles. The molecule has 0 amide bonds. The number of nitrogens with zero attached hydrogens (tertiary/aromatic N) is 3. The number of piperidine rings is 1. The summed E-state index contributed by atoms with van der Waals surface area (Å²) in [7, 11) is 0. The van der Waals surface area contributed by atoms with Crippen molar-refractivity contribution in [1.29, 1.82) is 0 Å². The van der Waals surface area contributed by atoms with Crippen molar-refractivity contribution in [2.75, 3.05) is 29.9 Å². The normalized spacial score (nSPS) is 29.9. The van der Waals surface area contributed by atoms with Gasteiger partial charge in [0.2, 0.25) is 0 Å². The van der Waals surface area contributed by atoms with Crippen molar-refractivity contribution in [2.45, 2.75) is 44.6 Å². The Labute approximate surface area is 120 Å². The van der Waals surface area contributed by atoms with Crippen LogP contribution in [0.2, 0.25) is 0 Å².